The van der Waals surface area contributed by atoms with Crippen molar-refractivity contribution in [2.24, 2.45) is 0 Å². The Labute approximate surface area is 166 Å². The summed E-state index contributed by atoms with van der Waals surface area (Å²) in [6, 6.07) is 15.7. The lowest BCUT2D eigenvalue weighted by atomic mass is 9.71. The van der Waals surface area contributed by atoms with Crippen LogP contribution in [-0.4, -0.2) is 6.04 Å². The number of hydrogen-bond acceptors (Lipinski definition) is 1. The van der Waals surface area contributed by atoms with Gasteiger partial charge in [0.05, 0.1) is 0 Å². The van der Waals surface area contributed by atoms with Crippen LogP contribution in [0.15, 0.2) is 60.2 Å². The topological polar surface area (TPSA) is 12.0 Å². The van der Waals surface area contributed by atoms with Crippen LogP contribution in [0.4, 0.5) is 0 Å². The van der Waals surface area contributed by atoms with E-state index in [1.807, 2.05) is 13.8 Å². The molecule has 1 aliphatic rings. The maximum Gasteiger partial charge on any atom is 0.0422 e. The fraction of sp³-hybridized carbons (Fsp3) is 0.385. The van der Waals surface area contributed by atoms with Gasteiger partial charge in [0.25, 0.3) is 0 Å². The average Bonchev–Trinajstić information content (AvgIpc) is 2.66. The molecule has 1 heterocycles. The van der Waals surface area contributed by atoms with Crippen LogP contribution in [0.25, 0.3) is 16.8 Å². The molecule has 0 saturated carbocycles. The Morgan fingerprint density at radius 2 is 1.63 bits per heavy atom. The first-order chi connectivity index (χ1) is 12.8. The smallest absolute Gasteiger partial charge is 0.0422 e. The number of nitrogens with one attached hydrogen (secondary N) is 1. The highest BCUT2D eigenvalue weighted by Gasteiger charge is 2.36. The van der Waals surface area contributed by atoms with Gasteiger partial charge < -0.3 is 5.32 Å². The highest BCUT2D eigenvalue weighted by molar-refractivity contribution is 5.81. The van der Waals surface area contributed by atoms with Crippen LogP contribution >= 0.6 is 0 Å². The molecule has 27 heavy (non-hydrogen) atoms. The summed E-state index contributed by atoms with van der Waals surface area (Å²) in [6.45, 7) is 17.5. The number of fused-ring (bicyclic) bond motifs is 1. The van der Waals surface area contributed by atoms with Gasteiger partial charge in [-0.05, 0) is 56.0 Å². The van der Waals surface area contributed by atoms with Crippen molar-refractivity contribution >= 4 is 5.70 Å². The van der Waals surface area contributed by atoms with Gasteiger partial charge in [-0.2, -0.15) is 0 Å². The molecule has 0 fully saturated rings. The number of allylic oxidation sites excluding steroid dienone is 3. The van der Waals surface area contributed by atoms with Crippen LogP contribution < -0.4 is 5.32 Å². The predicted octanol–water partition coefficient (Wildman–Crippen LogP) is 7.26. The normalized spacial score (nSPS) is 18.7. The maximum atomic E-state index is 3.75. The molecule has 0 radical (unpaired) electrons. The van der Waals surface area contributed by atoms with E-state index < -0.39 is 0 Å². The Morgan fingerprint density at radius 3 is 2.22 bits per heavy atom. The molecule has 0 aromatic heterocycles. The van der Waals surface area contributed by atoms with Gasteiger partial charge in [0.1, 0.15) is 0 Å². The number of hydrogen-bond donors (Lipinski definition) is 1. The monoisotopic (exact) mass is 361 g/mol. The Kier molecular flexibility index (Phi) is 6.70. The number of benzene rings is 2. The van der Waals surface area contributed by atoms with Crippen molar-refractivity contribution in [3.63, 3.8) is 0 Å². The molecule has 1 atom stereocenters. The van der Waals surface area contributed by atoms with Crippen LogP contribution in [0.1, 0.15) is 65.2 Å². The van der Waals surface area contributed by atoms with E-state index in [1.165, 1.54) is 39.1 Å². The first-order valence-electron chi connectivity index (χ1n) is 10.1. The van der Waals surface area contributed by atoms with Gasteiger partial charge in [0.15, 0.2) is 0 Å². The molecule has 0 amide bonds. The minimum absolute atomic E-state index is 0.0949. The average molecular weight is 362 g/mol. The highest BCUT2D eigenvalue weighted by atomic mass is 15.0. The van der Waals surface area contributed by atoms with E-state index in [2.05, 4.69) is 101 Å². The van der Waals surface area contributed by atoms with Gasteiger partial charge in [-0.15, -0.1) is 0 Å². The first kappa shape index (κ1) is 21.0. The molecular weight excluding hydrogens is 326 g/mol. The largest absolute Gasteiger partial charge is 0.381 e. The molecule has 1 heteroatoms. The quantitative estimate of drug-likeness (QED) is 0.593. The second-order valence-corrected chi connectivity index (χ2v) is 7.94. The van der Waals surface area contributed by atoms with E-state index in [9.17, 15) is 0 Å². The third-order valence-corrected chi connectivity index (χ3v) is 5.55. The van der Waals surface area contributed by atoms with E-state index in [4.69, 9.17) is 0 Å². The Morgan fingerprint density at radius 1 is 1.00 bits per heavy atom. The second kappa shape index (κ2) is 8.61. The molecule has 0 saturated heterocycles. The zero-order chi connectivity index (χ0) is 20.2. The predicted molar refractivity (Wildman–Crippen MR) is 121 cm³/mol. The van der Waals surface area contributed by atoms with E-state index in [0.29, 0.717) is 6.04 Å². The van der Waals surface area contributed by atoms with Crippen LogP contribution in [0, 0.1) is 6.92 Å². The van der Waals surface area contributed by atoms with Crippen molar-refractivity contribution in [2.45, 2.75) is 66.8 Å². The van der Waals surface area contributed by atoms with Crippen molar-refractivity contribution in [1.82, 2.24) is 5.32 Å². The summed E-state index contributed by atoms with van der Waals surface area (Å²) in [6.07, 6.45) is 4.44. The van der Waals surface area contributed by atoms with Gasteiger partial charge in [-0.25, -0.2) is 0 Å². The van der Waals surface area contributed by atoms with Crippen molar-refractivity contribution in [3.8, 4) is 11.1 Å². The maximum absolute atomic E-state index is 3.75. The summed E-state index contributed by atoms with van der Waals surface area (Å²) in [7, 11) is 0. The summed E-state index contributed by atoms with van der Waals surface area (Å²) >= 11 is 0. The minimum atomic E-state index is 0.0949. The van der Waals surface area contributed by atoms with E-state index in [0.717, 1.165) is 0 Å². The van der Waals surface area contributed by atoms with Crippen molar-refractivity contribution in [2.75, 3.05) is 0 Å². The van der Waals surface area contributed by atoms with Crippen LogP contribution in [0.3, 0.4) is 0 Å². The molecule has 144 valence electrons. The van der Waals surface area contributed by atoms with E-state index in [-0.39, 0.29) is 5.41 Å². The minimum Gasteiger partial charge on any atom is -0.381 e. The van der Waals surface area contributed by atoms with Crippen LogP contribution in [0.5, 0.6) is 0 Å². The summed E-state index contributed by atoms with van der Waals surface area (Å²) in [5.41, 5.74) is 9.38. The number of rotatable bonds is 2. The molecule has 1 N–H and O–H groups in total. The van der Waals surface area contributed by atoms with Gasteiger partial charge in [0.2, 0.25) is 0 Å². The van der Waals surface area contributed by atoms with Gasteiger partial charge in [-0.1, -0.05) is 81.8 Å². The summed E-state index contributed by atoms with van der Waals surface area (Å²) in [5, 5.41) is 3.75. The van der Waals surface area contributed by atoms with E-state index >= 15 is 0 Å². The van der Waals surface area contributed by atoms with Crippen LogP contribution in [0.2, 0.25) is 0 Å². The lowest BCUT2D eigenvalue weighted by Crippen LogP contribution is -2.46. The molecule has 0 aliphatic carbocycles. The third kappa shape index (κ3) is 4.18. The fourth-order valence-corrected chi connectivity index (χ4v) is 3.63. The Balaban J connectivity index is 0.00000126. The molecule has 3 rings (SSSR count). The Hall–Kier alpha value is -2.28. The summed E-state index contributed by atoms with van der Waals surface area (Å²) in [5.74, 6) is 0. The molecule has 1 nitrogen and oxygen atoms in total. The molecular formula is C26H35N. The van der Waals surface area contributed by atoms with Crippen LogP contribution in [-0.2, 0) is 5.41 Å². The summed E-state index contributed by atoms with van der Waals surface area (Å²) < 4.78 is 0. The molecule has 1 unspecified atom stereocenters. The Bertz CT molecular complexity index is 834. The van der Waals surface area contributed by atoms with Gasteiger partial charge in [-0.3, -0.25) is 0 Å². The highest BCUT2D eigenvalue weighted by Crippen LogP contribution is 2.42. The van der Waals surface area contributed by atoms with Crippen molar-refractivity contribution in [3.05, 3.63) is 76.9 Å². The molecule has 0 spiro atoms. The van der Waals surface area contributed by atoms with Gasteiger partial charge >= 0.3 is 0 Å². The zero-order valence-electron chi connectivity index (χ0n) is 18.3. The SMILES string of the molecule is CC.CC(C)=C/C=C1\NC(C)C(C)(C)c2ccc(-c3ccccc3)c(C)c21. The fourth-order valence-electron chi connectivity index (χ4n) is 3.63. The third-order valence-electron chi connectivity index (χ3n) is 5.55. The van der Waals surface area contributed by atoms with Gasteiger partial charge in [0, 0.05) is 22.7 Å². The standard InChI is InChI=1S/C24H29N.C2H6/c1-16(2)12-15-22-23-17(3)20(19-10-8-7-9-11-19)13-14-21(23)24(5,6)18(4)25-22;1-2/h7-15,18,25H,1-6H3;1-2H3/b22-15-;. The van der Waals surface area contributed by atoms with Crippen molar-refractivity contribution < 1.29 is 0 Å². The second-order valence-electron chi connectivity index (χ2n) is 7.94. The summed E-state index contributed by atoms with van der Waals surface area (Å²) in [4.78, 5) is 0. The zero-order valence-corrected chi connectivity index (χ0v) is 18.3. The molecule has 2 aromatic carbocycles. The van der Waals surface area contributed by atoms with E-state index in [1.54, 1.807) is 0 Å². The van der Waals surface area contributed by atoms with Crippen molar-refractivity contribution in [1.29, 1.82) is 0 Å². The lowest BCUT2D eigenvalue weighted by molar-refractivity contribution is 0.385. The lowest BCUT2D eigenvalue weighted by Gasteiger charge is -2.42. The molecule has 2 aromatic rings. The first-order valence-corrected chi connectivity index (χ1v) is 10.1. The molecule has 1 aliphatic heterocycles. The molecule has 0 bridgehead atoms.